The summed E-state index contributed by atoms with van der Waals surface area (Å²) in [6.45, 7) is 5.78. The number of rotatable bonds is 3. The van der Waals surface area contributed by atoms with Crippen LogP contribution in [0.25, 0.3) is 11.1 Å². The van der Waals surface area contributed by atoms with Gasteiger partial charge in [0, 0.05) is 24.4 Å². The largest absolute Gasteiger partial charge is 0.326 e. The molecule has 0 aliphatic heterocycles. The van der Waals surface area contributed by atoms with Gasteiger partial charge in [0.05, 0.1) is 5.69 Å². The van der Waals surface area contributed by atoms with Crippen molar-refractivity contribution in [3.8, 4) is 11.1 Å². The van der Waals surface area contributed by atoms with Gasteiger partial charge in [-0.05, 0) is 29.7 Å². The van der Waals surface area contributed by atoms with Crippen molar-refractivity contribution in [3.63, 3.8) is 0 Å². The Kier molecular flexibility index (Phi) is 3.95. The Labute approximate surface area is 113 Å². The summed E-state index contributed by atoms with van der Waals surface area (Å²) < 4.78 is 0. The van der Waals surface area contributed by atoms with E-state index >= 15 is 0 Å². The van der Waals surface area contributed by atoms with Crippen LogP contribution >= 0.6 is 0 Å². The van der Waals surface area contributed by atoms with Gasteiger partial charge in [-0.15, -0.1) is 0 Å². The number of benzene rings is 1. The predicted molar refractivity (Wildman–Crippen MR) is 78.1 cm³/mol. The van der Waals surface area contributed by atoms with Crippen molar-refractivity contribution in [2.45, 2.75) is 26.7 Å². The molecule has 1 amide bonds. The van der Waals surface area contributed by atoms with Gasteiger partial charge in [0.15, 0.2) is 0 Å². The van der Waals surface area contributed by atoms with E-state index in [0.29, 0.717) is 5.92 Å². The van der Waals surface area contributed by atoms with Crippen molar-refractivity contribution in [2.24, 2.45) is 0 Å². The first kappa shape index (κ1) is 13.3. The van der Waals surface area contributed by atoms with Crippen LogP contribution in [-0.2, 0) is 4.79 Å². The molecule has 0 aliphatic carbocycles. The first-order chi connectivity index (χ1) is 9.08. The molecule has 98 valence electrons. The normalized spacial score (nSPS) is 10.5. The number of nitrogens with zero attached hydrogens (tertiary/aromatic N) is 1. The number of carbonyl (C=O) groups excluding carboxylic acids is 1. The Morgan fingerprint density at radius 2 is 1.84 bits per heavy atom. The molecule has 1 heterocycles. The van der Waals surface area contributed by atoms with Gasteiger partial charge < -0.3 is 5.32 Å². The molecule has 1 aromatic carbocycles. The van der Waals surface area contributed by atoms with E-state index in [0.717, 1.165) is 22.5 Å². The van der Waals surface area contributed by atoms with E-state index < -0.39 is 0 Å². The molecule has 0 aliphatic rings. The third-order valence-corrected chi connectivity index (χ3v) is 2.90. The number of amides is 1. The second-order valence-electron chi connectivity index (χ2n) is 4.85. The Morgan fingerprint density at radius 1 is 1.16 bits per heavy atom. The van der Waals surface area contributed by atoms with E-state index in [-0.39, 0.29) is 5.91 Å². The molecule has 19 heavy (non-hydrogen) atoms. The molecule has 0 saturated carbocycles. The van der Waals surface area contributed by atoms with Gasteiger partial charge in [0.25, 0.3) is 0 Å². The van der Waals surface area contributed by atoms with E-state index in [1.54, 1.807) is 0 Å². The number of pyridine rings is 1. The number of nitrogens with one attached hydrogen (secondary N) is 1. The molecule has 1 N–H and O–H groups in total. The van der Waals surface area contributed by atoms with Gasteiger partial charge >= 0.3 is 0 Å². The maximum absolute atomic E-state index is 11.0. The smallest absolute Gasteiger partial charge is 0.221 e. The lowest BCUT2D eigenvalue weighted by atomic mass is 9.97. The third-order valence-electron chi connectivity index (χ3n) is 2.90. The second kappa shape index (κ2) is 5.65. The van der Waals surface area contributed by atoms with Crippen molar-refractivity contribution in [1.82, 2.24) is 4.98 Å². The zero-order chi connectivity index (χ0) is 13.8. The van der Waals surface area contributed by atoms with Crippen molar-refractivity contribution >= 4 is 11.6 Å². The molecule has 0 saturated heterocycles. The monoisotopic (exact) mass is 254 g/mol. The quantitative estimate of drug-likeness (QED) is 0.904. The number of hydrogen-bond acceptors (Lipinski definition) is 2. The molecule has 3 heteroatoms. The molecule has 2 rings (SSSR count). The van der Waals surface area contributed by atoms with Crippen LogP contribution in [0.5, 0.6) is 0 Å². The lowest BCUT2D eigenvalue weighted by molar-refractivity contribution is -0.114. The van der Waals surface area contributed by atoms with Crippen LogP contribution < -0.4 is 5.32 Å². The third kappa shape index (κ3) is 3.19. The Hall–Kier alpha value is -2.16. The maximum atomic E-state index is 11.0. The van der Waals surface area contributed by atoms with Crippen LogP contribution in [0.2, 0.25) is 0 Å². The molecule has 0 fully saturated rings. The van der Waals surface area contributed by atoms with Crippen molar-refractivity contribution in [3.05, 3.63) is 48.3 Å². The highest BCUT2D eigenvalue weighted by Gasteiger charge is 2.09. The first-order valence-electron chi connectivity index (χ1n) is 6.41. The van der Waals surface area contributed by atoms with Crippen LogP contribution in [0.1, 0.15) is 32.4 Å². The average molecular weight is 254 g/mol. The van der Waals surface area contributed by atoms with Gasteiger partial charge in [-0.2, -0.15) is 0 Å². The number of aromatic nitrogens is 1. The summed E-state index contributed by atoms with van der Waals surface area (Å²) in [5, 5.41) is 2.77. The van der Waals surface area contributed by atoms with Gasteiger partial charge in [-0.3, -0.25) is 9.78 Å². The molecule has 0 radical (unpaired) electrons. The van der Waals surface area contributed by atoms with E-state index in [9.17, 15) is 4.79 Å². The fraction of sp³-hybridized carbons (Fsp3) is 0.250. The van der Waals surface area contributed by atoms with Crippen LogP contribution in [-0.4, -0.2) is 10.9 Å². The summed E-state index contributed by atoms with van der Waals surface area (Å²) in [4.78, 5) is 15.4. The zero-order valence-electron chi connectivity index (χ0n) is 11.5. The van der Waals surface area contributed by atoms with Gasteiger partial charge in [0.1, 0.15) is 0 Å². The van der Waals surface area contributed by atoms with E-state index in [1.165, 1.54) is 6.92 Å². The highest BCUT2D eigenvalue weighted by molar-refractivity contribution is 5.89. The summed E-state index contributed by atoms with van der Waals surface area (Å²) in [7, 11) is 0. The molecule has 0 unspecified atom stereocenters. The fourth-order valence-electron chi connectivity index (χ4n) is 2.06. The fourth-order valence-corrected chi connectivity index (χ4v) is 2.06. The standard InChI is InChI=1S/C16H18N2O/c1-11(2)16-15(5-4-10-17-16)13-6-8-14(9-7-13)18-12(3)19/h4-11H,1-3H3,(H,18,19). The molecule has 0 bridgehead atoms. The summed E-state index contributed by atoms with van der Waals surface area (Å²) in [6.07, 6.45) is 1.82. The SMILES string of the molecule is CC(=O)Nc1ccc(-c2cccnc2C(C)C)cc1. The minimum atomic E-state index is -0.0583. The van der Waals surface area contributed by atoms with Crippen molar-refractivity contribution < 1.29 is 4.79 Å². The highest BCUT2D eigenvalue weighted by atomic mass is 16.1. The first-order valence-corrected chi connectivity index (χ1v) is 6.41. The minimum absolute atomic E-state index is 0.0583. The summed E-state index contributed by atoms with van der Waals surface area (Å²) >= 11 is 0. The molecule has 1 aromatic heterocycles. The van der Waals surface area contributed by atoms with Gasteiger partial charge in [-0.25, -0.2) is 0 Å². The molecular formula is C16H18N2O. The molecule has 2 aromatic rings. The molecular weight excluding hydrogens is 236 g/mol. The molecule has 3 nitrogen and oxygen atoms in total. The minimum Gasteiger partial charge on any atom is -0.326 e. The number of hydrogen-bond donors (Lipinski definition) is 1. The van der Waals surface area contributed by atoms with Crippen LogP contribution in [0, 0.1) is 0 Å². The molecule has 0 spiro atoms. The topological polar surface area (TPSA) is 42.0 Å². The number of anilines is 1. The van der Waals surface area contributed by atoms with Crippen LogP contribution in [0.15, 0.2) is 42.6 Å². The van der Waals surface area contributed by atoms with Crippen LogP contribution in [0.3, 0.4) is 0 Å². The van der Waals surface area contributed by atoms with Crippen molar-refractivity contribution in [2.75, 3.05) is 5.32 Å². The Balaban J connectivity index is 2.35. The summed E-state index contributed by atoms with van der Waals surface area (Å²) in [5.74, 6) is 0.322. The van der Waals surface area contributed by atoms with Crippen molar-refractivity contribution in [1.29, 1.82) is 0 Å². The van der Waals surface area contributed by atoms with Gasteiger partial charge in [-0.1, -0.05) is 32.0 Å². The predicted octanol–water partition coefficient (Wildman–Crippen LogP) is 3.83. The van der Waals surface area contributed by atoms with E-state index in [2.05, 4.69) is 30.2 Å². The second-order valence-corrected chi connectivity index (χ2v) is 4.85. The average Bonchev–Trinajstić information content (AvgIpc) is 2.39. The highest BCUT2D eigenvalue weighted by Crippen LogP contribution is 2.28. The zero-order valence-corrected chi connectivity index (χ0v) is 11.5. The van der Waals surface area contributed by atoms with E-state index in [4.69, 9.17) is 0 Å². The lowest BCUT2D eigenvalue weighted by Gasteiger charge is -2.12. The van der Waals surface area contributed by atoms with Gasteiger partial charge in [0.2, 0.25) is 5.91 Å². The Bertz CT molecular complexity index is 574. The van der Waals surface area contributed by atoms with Crippen LogP contribution in [0.4, 0.5) is 5.69 Å². The summed E-state index contributed by atoms with van der Waals surface area (Å²) in [6, 6.07) is 11.9. The lowest BCUT2D eigenvalue weighted by Crippen LogP contribution is -2.05. The molecule has 0 atom stereocenters. The van der Waals surface area contributed by atoms with E-state index in [1.807, 2.05) is 36.5 Å². The number of carbonyl (C=O) groups is 1. The Morgan fingerprint density at radius 3 is 2.42 bits per heavy atom. The maximum Gasteiger partial charge on any atom is 0.221 e. The summed E-state index contributed by atoms with van der Waals surface area (Å²) in [5.41, 5.74) is 4.17.